The molecule has 1 aromatic rings. The van der Waals surface area contributed by atoms with Crippen LogP contribution >= 0.6 is 0 Å². The molecule has 0 radical (unpaired) electrons. The van der Waals surface area contributed by atoms with Crippen LogP contribution in [0.4, 0.5) is 20.6 Å². The maximum Gasteiger partial charge on any atom is 0.325 e. The zero-order valence-electron chi connectivity index (χ0n) is 15.8. The van der Waals surface area contributed by atoms with Gasteiger partial charge in [0.2, 0.25) is 11.8 Å². The maximum atomic E-state index is 13.7. The second kappa shape index (κ2) is 7.57. The molecule has 0 aromatic heterocycles. The van der Waals surface area contributed by atoms with E-state index in [2.05, 4.69) is 16.0 Å². The van der Waals surface area contributed by atoms with E-state index in [1.54, 1.807) is 0 Å². The van der Waals surface area contributed by atoms with Crippen molar-refractivity contribution >= 4 is 35.1 Å². The van der Waals surface area contributed by atoms with Crippen LogP contribution in [0, 0.1) is 11.7 Å². The molecule has 150 valence electrons. The van der Waals surface area contributed by atoms with Crippen molar-refractivity contribution in [3.63, 3.8) is 0 Å². The van der Waals surface area contributed by atoms with Crippen LogP contribution in [0.15, 0.2) is 18.2 Å². The van der Waals surface area contributed by atoms with Gasteiger partial charge in [-0.15, -0.1) is 0 Å². The summed E-state index contributed by atoms with van der Waals surface area (Å²) >= 11 is 0. The topological polar surface area (TPSA) is 108 Å². The first kappa shape index (κ1) is 19.8. The first-order valence-corrected chi connectivity index (χ1v) is 9.24. The van der Waals surface area contributed by atoms with Crippen molar-refractivity contribution in [3.05, 3.63) is 24.0 Å². The number of rotatable bonds is 4. The molecule has 2 atom stereocenters. The second-order valence-corrected chi connectivity index (χ2v) is 7.36. The standard InChI is InChI=1S/C19H23FN4O4/c1-11-5-3-4-8-19(11)17(27)24(18(28)23-19)10-16(26)22-13-6-7-14(20)15(9-13)21-12(2)25/h6-7,9,11H,3-5,8,10H2,1-2H3,(H,21,25)(H,22,26)(H,23,28). The van der Waals surface area contributed by atoms with Crippen LogP contribution < -0.4 is 16.0 Å². The zero-order chi connectivity index (χ0) is 20.5. The van der Waals surface area contributed by atoms with Gasteiger partial charge in [0.15, 0.2) is 0 Å². The minimum Gasteiger partial charge on any atom is -0.324 e. The number of amides is 5. The summed E-state index contributed by atoms with van der Waals surface area (Å²) in [6.45, 7) is 2.74. The number of carbonyl (C=O) groups excluding carboxylic acids is 4. The molecule has 9 heteroatoms. The molecule has 1 aliphatic carbocycles. The van der Waals surface area contributed by atoms with Gasteiger partial charge in [-0.2, -0.15) is 0 Å². The Morgan fingerprint density at radius 2 is 2.04 bits per heavy atom. The van der Waals surface area contributed by atoms with Crippen LogP contribution in [0.2, 0.25) is 0 Å². The molecule has 28 heavy (non-hydrogen) atoms. The van der Waals surface area contributed by atoms with Crippen molar-refractivity contribution in [1.82, 2.24) is 10.2 Å². The summed E-state index contributed by atoms with van der Waals surface area (Å²) < 4.78 is 13.7. The van der Waals surface area contributed by atoms with E-state index in [0.717, 1.165) is 30.2 Å². The third kappa shape index (κ3) is 3.69. The van der Waals surface area contributed by atoms with Crippen molar-refractivity contribution in [2.75, 3.05) is 17.2 Å². The molecule has 1 aliphatic heterocycles. The predicted molar refractivity (Wildman–Crippen MR) is 99.9 cm³/mol. The summed E-state index contributed by atoms with van der Waals surface area (Å²) in [5.41, 5.74) is -0.761. The SMILES string of the molecule is CC(=O)Nc1cc(NC(=O)CN2C(=O)NC3(CCCCC3C)C2=O)ccc1F. The zero-order valence-corrected chi connectivity index (χ0v) is 15.8. The number of halogens is 1. The van der Waals surface area contributed by atoms with Crippen LogP contribution in [0.3, 0.4) is 0 Å². The van der Waals surface area contributed by atoms with Crippen molar-refractivity contribution < 1.29 is 23.6 Å². The minimum atomic E-state index is -0.927. The number of nitrogens with zero attached hydrogens (tertiary/aromatic N) is 1. The molecular formula is C19H23FN4O4. The lowest BCUT2D eigenvalue weighted by atomic mass is 9.73. The summed E-state index contributed by atoms with van der Waals surface area (Å²) in [6, 6.07) is 3.13. The van der Waals surface area contributed by atoms with Gasteiger partial charge in [0, 0.05) is 12.6 Å². The highest BCUT2D eigenvalue weighted by Crippen LogP contribution is 2.38. The van der Waals surface area contributed by atoms with E-state index in [4.69, 9.17) is 0 Å². The molecule has 1 saturated heterocycles. The van der Waals surface area contributed by atoms with Crippen LogP contribution in [-0.4, -0.2) is 40.7 Å². The predicted octanol–water partition coefficient (Wildman–Crippen LogP) is 2.22. The monoisotopic (exact) mass is 390 g/mol. The molecule has 3 rings (SSSR count). The molecule has 3 N–H and O–H groups in total. The average Bonchev–Trinajstić information content (AvgIpc) is 2.85. The lowest BCUT2D eigenvalue weighted by Gasteiger charge is -2.36. The number of benzene rings is 1. The van der Waals surface area contributed by atoms with E-state index in [-0.39, 0.29) is 23.2 Å². The van der Waals surface area contributed by atoms with E-state index in [0.29, 0.717) is 6.42 Å². The average molecular weight is 390 g/mol. The van der Waals surface area contributed by atoms with Crippen LogP contribution in [0.1, 0.15) is 39.5 Å². The first-order valence-electron chi connectivity index (χ1n) is 9.24. The quantitative estimate of drug-likeness (QED) is 0.685. The molecule has 2 unspecified atom stereocenters. The fourth-order valence-corrected chi connectivity index (χ4v) is 3.87. The summed E-state index contributed by atoms with van der Waals surface area (Å²) in [5, 5.41) is 7.63. The van der Waals surface area contributed by atoms with Gasteiger partial charge in [-0.05, 0) is 37.0 Å². The van der Waals surface area contributed by atoms with Gasteiger partial charge in [-0.3, -0.25) is 19.3 Å². The van der Waals surface area contributed by atoms with E-state index in [1.807, 2.05) is 6.92 Å². The molecule has 8 nitrogen and oxygen atoms in total. The van der Waals surface area contributed by atoms with Crippen LogP contribution in [-0.2, 0) is 14.4 Å². The Hall–Kier alpha value is -2.97. The second-order valence-electron chi connectivity index (χ2n) is 7.36. The lowest BCUT2D eigenvalue weighted by molar-refractivity contribution is -0.136. The third-order valence-corrected chi connectivity index (χ3v) is 5.36. The highest BCUT2D eigenvalue weighted by molar-refractivity contribution is 6.10. The van der Waals surface area contributed by atoms with Gasteiger partial charge < -0.3 is 16.0 Å². The molecule has 5 amide bonds. The fraction of sp³-hybridized carbons (Fsp3) is 0.474. The van der Waals surface area contributed by atoms with Gasteiger partial charge in [-0.1, -0.05) is 19.8 Å². The highest BCUT2D eigenvalue weighted by atomic mass is 19.1. The summed E-state index contributed by atoms with van der Waals surface area (Å²) in [7, 11) is 0. The largest absolute Gasteiger partial charge is 0.325 e. The number of hydrogen-bond donors (Lipinski definition) is 3. The maximum absolute atomic E-state index is 13.7. The summed E-state index contributed by atoms with van der Waals surface area (Å²) in [4.78, 5) is 49.6. The number of imide groups is 1. The highest BCUT2D eigenvalue weighted by Gasteiger charge is 2.55. The molecule has 0 bridgehead atoms. The van der Waals surface area contributed by atoms with E-state index in [1.165, 1.54) is 19.1 Å². The number of anilines is 2. The molecule has 1 aromatic carbocycles. The molecule has 1 heterocycles. The Kier molecular flexibility index (Phi) is 5.35. The van der Waals surface area contributed by atoms with E-state index < -0.39 is 35.7 Å². The number of hydrogen-bond acceptors (Lipinski definition) is 4. The number of urea groups is 1. The Morgan fingerprint density at radius 3 is 2.71 bits per heavy atom. The Bertz CT molecular complexity index is 843. The Labute approximate surface area is 161 Å². The van der Waals surface area contributed by atoms with Crippen molar-refractivity contribution in [2.45, 2.75) is 45.1 Å². The van der Waals surface area contributed by atoms with E-state index >= 15 is 0 Å². The minimum absolute atomic E-state index is 0.00285. The summed E-state index contributed by atoms with van der Waals surface area (Å²) in [5.74, 6) is -2.06. The molecule has 2 aliphatic rings. The van der Waals surface area contributed by atoms with Gasteiger partial charge in [0.25, 0.3) is 5.91 Å². The first-order chi connectivity index (χ1) is 13.2. The normalized spacial score (nSPS) is 24.2. The Balaban J connectivity index is 1.69. The van der Waals surface area contributed by atoms with Gasteiger partial charge in [0.05, 0.1) is 5.69 Å². The van der Waals surface area contributed by atoms with Crippen molar-refractivity contribution in [2.24, 2.45) is 5.92 Å². The molecular weight excluding hydrogens is 367 g/mol. The molecule has 1 saturated carbocycles. The fourth-order valence-electron chi connectivity index (χ4n) is 3.87. The van der Waals surface area contributed by atoms with Crippen LogP contribution in [0.5, 0.6) is 0 Å². The summed E-state index contributed by atoms with van der Waals surface area (Å²) in [6.07, 6.45) is 3.26. The lowest BCUT2D eigenvalue weighted by Crippen LogP contribution is -2.54. The van der Waals surface area contributed by atoms with Gasteiger partial charge in [0.1, 0.15) is 17.9 Å². The number of carbonyl (C=O) groups is 4. The van der Waals surface area contributed by atoms with Crippen molar-refractivity contribution in [1.29, 1.82) is 0 Å². The smallest absolute Gasteiger partial charge is 0.324 e. The van der Waals surface area contributed by atoms with Gasteiger partial charge in [-0.25, -0.2) is 9.18 Å². The number of nitrogens with one attached hydrogen (secondary N) is 3. The van der Waals surface area contributed by atoms with Crippen molar-refractivity contribution in [3.8, 4) is 0 Å². The molecule has 2 fully saturated rings. The third-order valence-electron chi connectivity index (χ3n) is 5.36. The van der Waals surface area contributed by atoms with E-state index in [9.17, 15) is 23.6 Å². The molecule has 1 spiro atoms. The van der Waals surface area contributed by atoms with Gasteiger partial charge >= 0.3 is 6.03 Å². The Morgan fingerprint density at radius 1 is 1.29 bits per heavy atom. The van der Waals surface area contributed by atoms with Crippen LogP contribution in [0.25, 0.3) is 0 Å².